The SMILES string of the molecule is O=C(Nc1ccc([N+](=O)[O-])cc1Br)C(F)(F)C(F)F. The quantitative estimate of drug-likeness (QED) is 0.518. The molecule has 0 bridgehead atoms. The second-order valence-electron chi connectivity index (χ2n) is 3.30. The van der Waals surface area contributed by atoms with Crippen LogP contribution >= 0.6 is 15.9 Å². The Kier molecular flexibility index (Phi) is 4.45. The van der Waals surface area contributed by atoms with Crippen LogP contribution in [0.1, 0.15) is 0 Å². The van der Waals surface area contributed by atoms with Gasteiger partial charge in [0.05, 0.1) is 10.6 Å². The minimum absolute atomic E-state index is 0.0832. The highest BCUT2D eigenvalue weighted by Gasteiger charge is 2.49. The number of amides is 1. The molecular formula is C9H5BrF4N2O3. The summed E-state index contributed by atoms with van der Waals surface area (Å²) >= 11 is 2.80. The van der Waals surface area contributed by atoms with Crippen LogP contribution in [0.4, 0.5) is 28.9 Å². The standard InChI is InChI=1S/C9H5BrF4N2O3/c10-5-3-4(16(18)19)1-2-6(5)15-8(17)9(13,14)7(11)12/h1-3,7H,(H,15,17). The van der Waals surface area contributed by atoms with E-state index in [1.165, 1.54) is 0 Å². The van der Waals surface area contributed by atoms with Crippen LogP contribution in [0, 0.1) is 10.1 Å². The Balaban J connectivity index is 2.95. The van der Waals surface area contributed by atoms with Gasteiger partial charge in [0, 0.05) is 16.6 Å². The van der Waals surface area contributed by atoms with Gasteiger partial charge in [-0.3, -0.25) is 14.9 Å². The summed E-state index contributed by atoms with van der Waals surface area (Å²) in [6, 6.07) is 2.82. The van der Waals surface area contributed by atoms with Crippen molar-refractivity contribution in [1.82, 2.24) is 0 Å². The number of nitrogens with one attached hydrogen (secondary N) is 1. The summed E-state index contributed by atoms with van der Waals surface area (Å²) in [6.45, 7) is 0. The van der Waals surface area contributed by atoms with Crippen LogP contribution < -0.4 is 5.32 Å². The van der Waals surface area contributed by atoms with Crippen molar-refractivity contribution in [3.8, 4) is 0 Å². The van der Waals surface area contributed by atoms with Crippen molar-refractivity contribution in [2.75, 3.05) is 5.32 Å². The summed E-state index contributed by atoms with van der Waals surface area (Å²) in [5, 5.41) is 12.0. The molecule has 1 N–H and O–H groups in total. The van der Waals surface area contributed by atoms with Crippen molar-refractivity contribution in [2.24, 2.45) is 0 Å². The second kappa shape index (κ2) is 5.51. The summed E-state index contributed by atoms with van der Waals surface area (Å²) in [5.74, 6) is -7.04. The third-order valence-electron chi connectivity index (χ3n) is 1.99. The van der Waals surface area contributed by atoms with Crippen LogP contribution in [0.25, 0.3) is 0 Å². The largest absolute Gasteiger partial charge is 0.383 e. The third kappa shape index (κ3) is 3.40. The van der Waals surface area contributed by atoms with E-state index in [1.807, 2.05) is 0 Å². The summed E-state index contributed by atoms with van der Waals surface area (Å²) in [4.78, 5) is 20.6. The topological polar surface area (TPSA) is 72.2 Å². The fraction of sp³-hybridized carbons (Fsp3) is 0.222. The van der Waals surface area contributed by atoms with Crippen LogP contribution in [-0.4, -0.2) is 23.2 Å². The second-order valence-corrected chi connectivity index (χ2v) is 4.15. The van der Waals surface area contributed by atoms with Crippen molar-refractivity contribution in [2.45, 2.75) is 12.3 Å². The third-order valence-corrected chi connectivity index (χ3v) is 2.64. The van der Waals surface area contributed by atoms with E-state index in [-0.39, 0.29) is 15.8 Å². The molecule has 0 radical (unpaired) electrons. The molecule has 0 spiro atoms. The van der Waals surface area contributed by atoms with E-state index in [2.05, 4.69) is 15.9 Å². The Morgan fingerprint density at radius 3 is 2.42 bits per heavy atom. The lowest BCUT2D eigenvalue weighted by Crippen LogP contribution is -2.41. The van der Waals surface area contributed by atoms with E-state index < -0.39 is 23.2 Å². The molecule has 0 fully saturated rings. The summed E-state index contributed by atoms with van der Waals surface area (Å²) in [6.07, 6.45) is -4.15. The highest BCUT2D eigenvalue weighted by Crippen LogP contribution is 2.30. The Morgan fingerprint density at radius 2 is 2.00 bits per heavy atom. The fourth-order valence-corrected chi connectivity index (χ4v) is 1.49. The molecule has 10 heteroatoms. The molecule has 1 aromatic carbocycles. The first-order valence-corrected chi connectivity index (χ1v) is 5.37. The molecule has 0 heterocycles. The lowest BCUT2D eigenvalue weighted by molar-refractivity contribution is -0.384. The molecule has 0 aliphatic heterocycles. The fourth-order valence-electron chi connectivity index (χ4n) is 1.02. The number of halogens is 5. The summed E-state index contributed by atoms with van der Waals surface area (Å²) in [5.41, 5.74) is -0.638. The van der Waals surface area contributed by atoms with Gasteiger partial charge in [-0.15, -0.1) is 0 Å². The van der Waals surface area contributed by atoms with Gasteiger partial charge >= 0.3 is 18.3 Å². The number of benzene rings is 1. The van der Waals surface area contributed by atoms with E-state index >= 15 is 0 Å². The molecule has 0 aromatic heterocycles. The first kappa shape index (κ1) is 15.3. The maximum atomic E-state index is 12.7. The Morgan fingerprint density at radius 1 is 1.42 bits per heavy atom. The van der Waals surface area contributed by atoms with Gasteiger partial charge in [0.1, 0.15) is 0 Å². The van der Waals surface area contributed by atoms with Crippen molar-refractivity contribution in [3.63, 3.8) is 0 Å². The number of hydrogen-bond donors (Lipinski definition) is 1. The van der Waals surface area contributed by atoms with Crippen LogP contribution in [0.15, 0.2) is 22.7 Å². The molecule has 0 atom stereocenters. The van der Waals surface area contributed by atoms with Crippen molar-refractivity contribution >= 4 is 33.2 Å². The van der Waals surface area contributed by atoms with Gasteiger partial charge < -0.3 is 5.32 Å². The Labute approximate surface area is 111 Å². The van der Waals surface area contributed by atoms with Gasteiger partial charge in [0.2, 0.25) is 0 Å². The normalized spacial score (nSPS) is 11.5. The minimum atomic E-state index is -4.85. The first-order valence-electron chi connectivity index (χ1n) is 4.57. The van der Waals surface area contributed by atoms with Crippen LogP contribution in [0.3, 0.4) is 0 Å². The average Bonchev–Trinajstić information content (AvgIpc) is 2.30. The summed E-state index contributed by atoms with van der Waals surface area (Å²) < 4.78 is 49.1. The molecule has 1 aromatic rings. The molecule has 1 rings (SSSR count). The number of rotatable bonds is 4. The van der Waals surface area contributed by atoms with Crippen LogP contribution in [0.2, 0.25) is 0 Å². The van der Waals surface area contributed by atoms with Crippen molar-refractivity contribution < 1.29 is 27.3 Å². The van der Waals surface area contributed by atoms with Gasteiger partial charge in [-0.05, 0) is 22.0 Å². The van der Waals surface area contributed by atoms with Gasteiger partial charge in [-0.1, -0.05) is 0 Å². The number of nitrogens with zero attached hydrogens (tertiary/aromatic N) is 1. The zero-order valence-corrected chi connectivity index (χ0v) is 10.5. The molecule has 0 unspecified atom stereocenters. The number of carbonyl (C=O) groups excluding carboxylic acids is 1. The lowest BCUT2D eigenvalue weighted by atomic mass is 10.2. The van der Waals surface area contributed by atoms with Gasteiger partial charge in [-0.2, -0.15) is 8.78 Å². The first-order chi connectivity index (χ1) is 8.66. The number of carbonyl (C=O) groups is 1. The number of nitro groups is 1. The maximum absolute atomic E-state index is 12.7. The van der Waals surface area contributed by atoms with Gasteiger partial charge in [-0.25, -0.2) is 8.78 Å². The minimum Gasteiger partial charge on any atom is -0.320 e. The number of anilines is 1. The Bertz CT molecular complexity index is 524. The smallest absolute Gasteiger partial charge is 0.320 e. The van der Waals surface area contributed by atoms with E-state index in [9.17, 15) is 32.5 Å². The molecule has 0 saturated carbocycles. The lowest BCUT2D eigenvalue weighted by Gasteiger charge is -2.15. The van der Waals surface area contributed by atoms with Gasteiger partial charge in [0.25, 0.3) is 5.69 Å². The monoisotopic (exact) mass is 344 g/mol. The van der Waals surface area contributed by atoms with Crippen molar-refractivity contribution in [1.29, 1.82) is 0 Å². The number of nitro benzene ring substituents is 1. The Hall–Kier alpha value is -1.71. The zero-order valence-electron chi connectivity index (χ0n) is 8.87. The molecule has 104 valence electrons. The zero-order chi connectivity index (χ0) is 14.8. The molecule has 1 amide bonds. The van der Waals surface area contributed by atoms with Crippen molar-refractivity contribution in [3.05, 3.63) is 32.8 Å². The van der Waals surface area contributed by atoms with Crippen LogP contribution in [0.5, 0.6) is 0 Å². The predicted molar refractivity (Wildman–Crippen MR) is 60.4 cm³/mol. The van der Waals surface area contributed by atoms with E-state index in [1.54, 1.807) is 5.32 Å². The maximum Gasteiger partial charge on any atom is 0.383 e. The van der Waals surface area contributed by atoms with E-state index in [4.69, 9.17) is 0 Å². The molecular weight excluding hydrogens is 340 g/mol. The summed E-state index contributed by atoms with van der Waals surface area (Å²) in [7, 11) is 0. The average molecular weight is 345 g/mol. The molecule has 0 saturated heterocycles. The highest BCUT2D eigenvalue weighted by molar-refractivity contribution is 9.10. The van der Waals surface area contributed by atoms with Crippen LogP contribution in [-0.2, 0) is 4.79 Å². The molecule has 5 nitrogen and oxygen atoms in total. The van der Waals surface area contributed by atoms with E-state index in [0.29, 0.717) is 0 Å². The number of alkyl halides is 4. The number of hydrogen-bond acceptors (Lipinski definition) is 3. The molecule has 0 aliphatic carbocycles. The van der Waals surface area contributed by atoms with Gasteiger partial charge in [0.15, 0.2) is 0 Å². The molecule has 19 heavy (non-hydrogen) atoms. The van der Waals surface area contributed by atoms with E-state index in [0.717, 1.165) is 18.2 Å². The molecule has 0 aliphatic rings. The number of non-ortho nitro benzene ring substituents is 1. The predicted octanol–water partition coefficient (Wildman–Crippen LogP) is 3.20. The highest BCUT2D eigenvalue weighted by atomic mass is 79.9.